The number of ether oxygens (including phenoxy) is 1. The fraction of sp³-hybridized carbons (Fsp3) is 0.444. The second-order valence-electron chi connectivity index (χ2n) is 6.21. The van der Waals surface area contributed by atoms with Gasteiger partial charge in [-0.2, -0.15) is 0 Å². The molecule has 122 valence electrons. The van der Waals surface area contributed by atoms with Crippen LogP contribution in [0.5, 0.6) is 0 Å². The third-order valence-electron chi connectivity index (χ3n) is 4.34. The number of rotatable bonds is 4. The van der Waals surface area contributed by atoms with E-state index in [1.807, 2.05) is 20.8 Å². The summed E-state index contributed by atoms with van der Waals surface area (Å²) in [5, 5.41) is 5.33. The van der Waals surface area contributed by atoms with E-state index in [4.69, 9.17) is 11.2 Å². The Bertz CT molecular complexity index is 646. The van der Waals surface area contributed by atoms with Crippen LogP contribution in [0.3, 0.4) is 0 Å². The van der Waals surface area contributed by atoms with Gasteiger partial charge in [0.1, 0.15) is 0 Å². The lowest BCUT2D eigenvalue weighted by Crippen LogP contribution is -2.63. The summed E-state index contributed by atoms with van der Waals surface area (Å²) < 4.78 is 5.62. The topological polar surface area (TPSA) is 67.4 Å². The number of carbonyl (C=O) groups is 2. The van der Waals surface area contributed by atoms with Crippen molar-refractivity contribution in [2.75, 3.05) is 11.9 Å². The quantitative estimate of drug-likeness (QED) is 0.659. The molecule has 2 atom stereocenters. The van der Waals surface area contributed by atoms with Gasteiger partial charge in [-0.3, -0.25) is 9.59 Å². The molecule has 2 amide bonds. The van der Waals surface area contributed by atoms with Gasteiger partial charge in [0, 0.05) is 29.3 Å². The third kappa shape index (κ3) is 3.72. The average Bonchev–Trinajstić information content (AvgIpc) is 2.53. The number of terminal acetylenes is 1. The highest BCUT2D eigenvalue weighted by Crippen LogP contribution is 2.42. The van der Waals surface area contributed by atoms with Crippen LogP contribution in [0.15, 0.2) is 24.3 Å². The lowest BCUT2D eigenvalue weighted by molar-refractivity contribution is -0.144. The molecule has 0 aromatic heterocycles. The number of anilines is 1. The molecule has 0 heterocycles. The van der Waals surface area contributed by atoms with Gasteiger partial charge in [0.05, 0.1) is 6.10 Å². The highest BCUT2D eigenvalue weighted by atomic mass is 16.5. The average molecular weight is 314 g/mol. The van der Waals surface area contributed by atoms with Crippen molar-refractivity contribution in [3.63, 3.8) is 0 Å². The summed E-state index contributed by atoms with van der Waals surface area (Å²) >= 11 is 0. The molecule has 0 bridgehead atoms. The Morgan fingerprint density at radius 1 is 1.39 bits per heavy atom. The molecule has 1 fully saturated rings. The van der Waals surface area contributed by atoms with Crippen LogP contribution in [0.1, 0.15) is 32.8 Å². The van der Waals surface area contributed by atoms with E-state index in [9.17, 15) is 9.59 Å². The molecular formula is C18H22N2O3. The molecule has 1 aliphatic carbocycles. The fourth-order valence-electron chi connectivity index (χ4n) is 2.71. The maximum absolute atomic E-state index is 12.1. The molecule has 0 unspecified atom stereocenters. The van der Waals surface area contributed by atoms with E-state index in [2.05, 4.69) is 16.6 Å². The molecule has 23 heavy (non-hydrogen) atoms. The van der Waals surface area contributed by atoms with Crippen LogP contribution in [0.4, 0.5) is 5.69 Å². The SMILES string of the molecule is C#Cc1cccc(NC(=O)C(=O)N[C@@H]2C[C@H](OCC)C2(C)C)c1. The summed E-state index contributed by atoms with van der Waals surface area (Å²) in [6.45, 7) is 6.63. The Morgan fingerprint density at radius 2 is 2.13 bits per heavy atom. The van der Waals surface area contributed by atoms with Crippen molar-refractivity contribution in [1.82, 2.24) is 5.32 Å². The summed E-state index contributed by atoms with van der Waals surface area (Å²) in [6.07, 6.45) is 6.13. The van der Waals surface area contributed by atoms with Gasteiger partial charge in [-0.15, -0.1) is 6.42 Å². The maximum atomic E-state index is 12.1. The molecule has 1 aliphatic rings. The first kappa shape index (κ1) is 17.0. The number of amides is 2. The highest BCUT2D eigenvalue weighted by Gasteiger charge is 2.49. The second kappa shape index (κ2) is 6.84. The Morgan fingerprint density at radius 3 is 2.74 bits per heavy atom. The molecule has 5 nitrogen and oxygen atoms in total. The van der Waals surface area contributed by atoms with E-state index < -0.39 is 11.8 Å². The number of carbonyl (C=O) groups excluding carboxylic acids is 2. The van der Waals surface area contributed by atoms with Crippen LogP contribution < -0.4 is 10.6 Å². The van der Waals surface area contributed by atoms with E-state index in [1.165, 1.54) is 0 Å². The van der Waals surface area contributed by atoms with Gasteiger partial charge in [-0.1, -0.05) is 25.8 Å². The summed E-state index contributed by atoms with van der Waals surface area (Å²) in [7, 11) is 0. The Balaban J connectivity index is 1.91. The minimum atomic E-state index is -0.699. The first-order valence-corrected chi connectivity index (χ1v) is 7.68. The van der Waals surface area contributed by atoms with Gasteiger partial charge < -0.3 is 15.4 Å². The zero-order valence-corrected chi connectivity index (χ0v) is 13.7. The van der Waals surface area contributed by atoms with Gasteiger partial charge in [0.15, 0.2) is 0 Å². The maximum Gasteiger partial charge on any atom is 0.313 e. The standard InChI is InChI=1S/C18H22N2O3/c1-5-12-8-7-9-13(10-12)19-16(21)17(22)20-14-11-15(23-6-2)18(14,3)4/h1,7-10,14-15H,6,11H2,2-4H3,(H,19,21)(H,20,22)/t14-,15+/m1/s1. The predicted octanol–water partition coefficient (Wildman–Crippen LogP) is 1.93. The number of benzene rings is 1. The van der Waals surface area contributed by atoms with Crippen molar-refractivity contribution in [3.8, 4) is 12.3 Å². The van der Waals surface area contributed by atoms with Crippen molar-refractivity contribution in [2.45, 2.75) is 39.3 Å². The molecule has 1 aromatic carbocycles. The molecule has 0 saturated heterocycles. The van der Waals surface area contributed by atoms with Gasteiger partial charge in [0.2, 0.25) is 0 Å². The van der Waals surface area contributed by atoms with E-state index in [-0.39, 0.29) is 17.6 Å². The van der Waals surface area contributed by atoms with Crippen molar-refractivity contribution in [1.29, 1.82) is 0 Å². The van der Waals surface area contributed by atoms with Crippen molar-refractivity contribution < 1.29 is 14.3 Å². The number of hydrogen-bond donors (Lipinski definition) is 2. The number of hydrogen-bond acceptors (Lipinski definition) is 3. The summed E-state index contributed by atoms with van der Waals surface area (Å²) in [5.41, 5.74) is 0.957. The first-order chi connectivity index (χ1) is 10.9. The second-order valence-corrected chi connectivity index (χ2v) is 6.21. The van der Waals surface area contributed by atoms with Crippen LogP contribution in [0.25, 0.3) is 0 Å². The largest absolute Gasteiger partial charge is 0.378 e. The molecular weight excluding hydrogens is 292 g/mol. The molecule has 5 heteroatoms. The van der Waals surface area contributed by atoms with Crippen LogP contribution in [0.2, 0.25) is 0 Å². The third-order valence-corrected chi connectivity index (χ3v) is 4.34. The van der Waals surface area contributed by atoms with Crippen LogP contribution in [0, 0.1) is 17.8 Å². The number of nitrogens with one attached hydrogen (secondary N) is 2. The molecule has 0 aliphatic heterocycles. The monoisotopic (exact) mass is 314 g/mol. The van der Waals surface area contributed by atoms with Gasteiger partial charge in [-0.05, 0) is 31.5 Å². The lowest BCUT2D eigenvalue weighted by Gasteiger charge is -2.51. The van der Waals surface area contributed by atoms with Gasteiger partial charge in [-0.25, -0.2) is 0 Å². The minimum Gasteiger partial charge on any atom is -0.378 e. The van der Waals surface area contributed by atoms with Crippen molar-refractivity contribution in [3.05, 3.63) is 29.8 Å². The van der Waals surface area contributed by atoms with Gasteiger partial charge >= 0.3 is 11.8 Å². The summed E-state index contributed by atoms with van der Waals surface area (Å²) in [6, 6.07) is 6.73. The summed E-state index contributed by atoms with van der Waals surface area (Å²) in [4.78, 5) is 24.1. The zero-order valence-electron chi connectivity index (χ0n) is 13.7. The zero-order chi connectivity index (χ0) is 17.0. The van der Waals surface area contributed by atoms with E-state index >= 15 is 0 Å². The fourth-order valence-corrected chi connectivity index (χ4v) is 2.71. The van der Waals surface area contributed by atoms with Gasteiger partial charge in [0.25, 0.3) is 0 Å². The van der Waals surface area contributed by atoms with E-state index in [0.29, 0.717) is 24.3 Å². The first-order valence-electron chi connectivity index (χ1n) is 7.68. The lowest BCUT2D eigenvalue weighted by atomic mass is 9.64. The Labute approximate surface area is 136 Å². The van der Waals surface area contributed by atoms with Crippen LogP contribution >= 0.6 is 0 Å². The Hall–Kier alpha value is -2.32. The van der Waals surface area contributed by atoms with Crippen molar-refractivity contribution >= 4 is 17.5 Å². The van der Waals surface area contributed by atoms with Crippen molar-refractivity contribution in [2.24, 2.45) is 5.41 Å². The van der Waals surface area contributed by atoms with Crippen LogP contribution in [-0.4, -0.2) is 30.6 Å². The minimum absolute atomic E-state index is 0.0747. The van der Waals surface area contributed by atoms with Crippen LogP contribution in [-0.2, 0) is 14.3 Å². The molecule has 2 rings (SSSR count). The smallest absolute Gasteiger partial charge is 0.313 e. The molecule has 1 aromatic rings. The van der Waals surface area contributed by atoms with E-state index in [0.717, 1.165) is 0 Å². The predicted molar refractivity (Wildman–Crippen MR) is 88.7 cm³/mol. The molecule has 0 radical (unpaired) electrons. The Kier molecular flexibility index (Phi) is 5.07. The normalized spacial score (nSPS) is 21.7. The summed E-state index contributed by atoms with van der Waals surface area (Å²) in [5.74, 6) is 1.13. The molecule has 0 spiro atoms. The molecule has 1 saturated carbocycles. The van der Waals surface area contributed by atoms with E-state index in [1.54, 1.807) is 24.3 Å². The highest BCUT2D eigenvalue weighted by molar-refractivity contribution is 6.39. The molecule has 2 N–H and O–H groups in total.